The largest absolute Gasteiger partial charge is 0.493 e. The van der Waals surface area contributed by atoms with Gasteiger partial charge in [0.2, 0.25) is 0 Å². The molecule has 0 N–H and O–H groups in total. The molecule has 0 bridgehead atoms. The summed E-state index contributed by atoms with van der Waals surface area (Å²) in [6.07, 6.45) is 4.78. The van der Waals surface area contributed by atoms with Crippen LogP contribution in [-0.2, 0) is 0 Å². The quantitative estimate of drug-likeness (QED) is 0.840. The van der Waals surface area contributed by atoms with Gasteiger partial charge in [-0.05, 0) is 57.7 Å². The van der Waals surface area contributed by atoms with E-state index in [2.05, 4.69) is 18.7 Å². The van der Waals surface area contributed by atoms with E-state index in [1.165, 1.54) is 19.3 Å². The summed E-state index contributed by atoms with van der Waals surface area (Å²) in [5.74, 6) is 1.34. The van der Waals surface area contributed by atoms with Gasteiger partial charge in [0.1, 0.15) is 0 Å². The first-order valence-electron chi connectivity index (χ1n) is 9.34. The van der Waals surface area contributed by atoms with Crippen LogP contribution >= 0.6 is 0 Å². The maximum atomic E-state index is 13.0. The van der Waals surface area contributed by atoms with Crippen molar-refractivity contribution in [2.24, 2.45) is 0 Å². The molecular formula is C20H30N2O3. The van der Waals surface area contributed by atoms with Crippen LogP contribution in [0.25, 0.3) is 0 Å². The number of nitrogens with zero attached hydrogens (tertiary/aromatic N) is 2. The molecule has 2 fully saturated rings. The molecule has 0 radical (unpaired) electrons. The number of piperidine rings is 1. The molecule has 3 rings (SSSR count). The van der Waals surface area contributed by atoms with Crippen molar-refractivity contribution in [1.29, 1.82) is 0 Å². The second kappa shape index (κ2) is 7.65. The monoisotopic (exact) mass is 346 g/mol. The fourth-order valence-electron chi connectivity index (χ4n) is 4.47. The van der Waals surface area contributed by atoms with Gasteiger partial charge >= 0.3 is 0 Å². The highest BCUT2D eigenvalue weighted by Crippen LogP contribution is 2.31. The summed E-state index contributed by atoms with van der Waals surface area (Å²) in [4.78, 5) is 17.6. The predicted molar refractivity (Wildman–Crippen MR) is 98.5 cm³/mol. The highest BCUT2D eigenvalue weighted by atomic mass is 16.5. The van der Waals surface area contributed by atoms with Gasteiger partial charge in [-0.15, -0.1) is 0 Å². The van der Waals surface area contributed by atoms with Gasteiger partial charge in [0, 0.05) is 36.8 Å². The molecule has 2 heterocycles. The molecule has 0 aromatic heterocycles. The zero-order valence-corrected chi connectivity index (χ0v) is 15.8. The Hall–Kier alpha value is -1.75. The number of rotatable bonds is 4. The average Bonchev–Trinajstić information content (AvgIpc) is 2.99. The third kappa shape index (κ3) is 3.61. The first-order chi connectivity index (χ1) is 12.0. The molecule has 1 amide bonds. The number of methoxy groups -OCH3 is 2. The van der Waals surface area contributed by atoms with Crippen LogP contribution in [0, 0.1) is 0 Å². The maximum absolute atomic E-state index is 13.0. The molecule has 0 saturated carbocycles. The lowest BCUT2D eigenvalue weighted by atomic mass is 10.0. The predicted octanol–water partition coefficient (Wildman–Crippen LogP) is 3.18. The Morgan fingerprint density at radius 2 is 1.72 bits per heavy atom. The lowest BCUT2D eigenvalue weighted by Crippen LogP contribution is -2.52. The summed E-state index contributed by atoms with van der Waals surface area (Å²) in [6, 6.07) is 7.14. The van der Waals surface area contributed by atoms with Crippen LogP contribution in [0.2, 0.25) is 0 Å². The van der Waals surface area contributed by atoms with Crippen LogP contribution in [-0.4, -0.2) is 61.1 Å². The van der Waals surface area contributed by atoms with E-state index in [9.17, 15) is 4.79 Å². The molecule has 2 aliphatic rings. The Labute approximate surface area is 150 Å². The summed E-state index contributed by atoms with van der Waals surface area (Å²) >= 11 is 0. The lowest BCUT2D eigenvalue weighted by Gasteiger charge is -2.41. The second-order valence-electron chi connectivity index (χ2n) is 7.34. The van der Waals surface area contributed by atoms with Crippen molar-refractivity contribution in [3.8, 4) is 11.5 Å². The molecule has 138 valence electrons. The van der Waals surface area contributed by atoms with Gasteiger partial charge in [0.05, 0.1) is 14.2 Å². The maximum Gasteiger partial charge on any atom is 0.254 e. The number of ether oxygens (including phenoxy) is 2. The fraction of sp³-hybridized carbons (Fsp3) is 0.650. The second-order valence-corrected chi connectivity index (χ2v) is 7.34. The number of hydrogen-bond donors (Lipinski definition) is 0. The van der Waals surface area contributed by atoms with Gasteiger partial charge in [-0.2, -0.15) is 0 Å². The molecule has 0 aliphatic carbocycles. The van der Waals surface area contributed by atoms with Crippen LogP contribution in [0.1, 0.15) is 49.9 Å². The van der Waals surface area contributed by atoms with Crippen LogP contribution < -0.4 is 9.47 Å². The van der Waals surface area contributed by atoms with Crippen molar-refractivity contribution in [3.63, 3.8) is 0 Å². The van der Waals surface area contributed by atoms with E-state index in [0.29, 0.717) is 35.2 Å². The van der Waals surface area contributed by atoms with Crippen LogP contribution in [0.5, 0.6) is 11.5 Å². The zero-order valence-electron chi connectivity index (χ0n) is 15.8. The van der Waals surface area contributed by atoms with E-state index in [1.54, 1.807) is 26.4 Å². The molecule has 3 atom stereocenters. The molecule has 1 aromatic carbocycles. The van der Waals surface area contributed by atoms with E-state index < -0.39 is 0 Å². The van der Waals surface area contributed by atoms with Crippen molar-refractivity contribution in [2.45, 2.75) is 57.7 Å². The van der Waals surface area contributed by atoms with E-state index in [1.807, 2.05) is 11.0 Å². The topological polar surface area (TPSA) is 42.0 Å². The molecule has 2 saturated heterocycles. The van der Waals surface area contributed by atoms with Crippen molar-refractivity contribution in [2.75, 3.05) is 27.3 Å². The number of benzene rings is 1. The number of carbonyl (C=O) groups is 1. The zero-order chi connectivity index (χ0) is 18.0. The molecule has 2 aliphatic heterocycles. The van der Waals surface area contributed by atoms with Crippen molar-refractivity contribution < 1.29 is 14.3 Å². The third-order valence-corrected chi connectivity index (χ3v) is 5.76. The van der Waals surface area contributed by atoms with Gasteiger partial charge in [-0.1, -0.05) is 0 Å². The number of amides is 1. The van der Waals surface area contributed by atoms with Crippen molar-refractivity contribution >= 4 is 5.91 Å². The van der Waals surface area contributed by atoms with Crippen molar-refractivity contribution in [1.82, 2.24) is 9.80 Å². The third-order valence-electron chi connectivity index (χ3n) is 5.76. The Bertz CT molecular complexity index is 609. The summed E-state index contributed by atoms with van der Waals surface area (Å²) in [5, 5.41) is 0. The van der Waals surface area contributed by atoms with Gasteiger partial charge in [0.15, 0.2) is 11.5 Å². The standard InChI is InChI=1S/C20H30N2O3/c1-14-7-8-15(2)22(14)17-6-5-11-21(13-17)20(23)16-9-10-18(24-3)19(12-16)25-4/h9-10,12,14-15,17H,5-8,11,13H2,1-4H3/t14-,15+,17-/m0/s1. The number of likely N-dealkylation sites (tertiary alicyclic amines) is 2. The van der Waals surface area contributed by atoms with Gasteiger partial charge in [-0.25, -0.2) is 0 Å². The van der Waals surface area contributed by atoms with E-state index in [4.69, 9.17) is 9.47 Å². The van der Waals surface area contributed by atoms with Crippen LogP contribution in [0.4, 0.5) is 0 Å². The molecule has 5 nitrogen and oxygen atoms in total. The average molecular weight is 346 g/mol. The molecule has 25 heavy (non-hydrogen) atoms. The van der Waals surface area contributed by atoms with Crippen LogP contribution in [0.15, 0.2) is 18.2 Å². The van der Waals surface area contributed by atoms with Crippen molar-refractivity contribution in [3.05, 3.63) is 23.8 Å². The minimum absolute atomic E-state index is 0.0881. The SMILES string of the molecule is COc1ccc(C(=O)N2CCC[C@H](N3[C@H](C)CC[C@@H]3C)C2)cc1OC. The van der Waals surface area contributed by atoms with E-state index in [-0.39, 0.29) is 5.91 Å². The summed E-state index contributed by atoms with van der Waals surface area (Å²) in [5.41, 5.74) is 0.667. The Morgan fingerprint density at radius 3 is 2.36 bits per heavy atom. The molecule has 0 spiro atoms. The van der Waals surface area contributed by atoms with Crippen LogP contribution in [0.3, 0.4) is 0 Å². The minimum atomic E-state index is 0.0881. The highest BCUT2D eigenvalue weighted by molar-refractivity contribution is 5.95. The van der Waals surface area contributed by atoms with Gasteiger partial charge in [-0.3, -0.25) is 9.69 Å². The number of carbonyl (C=O) groups excluding carboxylic acids is 1. The molecule has 5 heteroatoms. The highest BCUT2D eigenvalue weighted by Gasteiger charge is 2.36. The number of hydrogen-bond acceptors (Lipinski definition) is 4. The Balaban J connectivity index is 1.74. The van der Waals surface area contributed by atoms with Gasteiger partial charge in [0.25, 0.3) is 5.91 Å². The van der Waals surface area contributed by atoms with Gasteiger partial charge < -0.3 is 14.4 Å². The first-order valence-corrected chi connectivity index (χ1v) is 9.34. The lowest BCUT2D eigenvalue weighted by molar-refractivity contribution is 0.0487. The summed E-state index contributed by atoms with van der Waals surface area (Å²) < 4.78 is 10.6. The Morgan fingerprint density at radius 1 is 1.04 bits per heavy atom. The van der Waals surface area contributed by atoms with E-state index in [0.717, 1.165) is 19.5 Å². The minimum Gasteiger partial charge on any atom is -0.493 e. The molecule has 1 aromatic rings. The summed E-state index contributed by atoms with van der Waals surface area (Å²) in [7, 11) is 3.20. The molecular weight excluding hydrogens is 316 g/mol. The molecule has 0 unspecified atom stereocenters. The summed E-state index contributed by atoms with van der Waals surface area (Å²) in [6.45, 7) is 6.29. The fourth-order valence-corrected chi connectivity index (χ4v) is 4.47. The normalized spacial score (nSPS) is 27.4. The smallest absolute Gasteiger partial charge is 0.254 e. The Kier molecular flexibility index (Phi) is 5.52. The first kappa shape index (κ1) is 18.1. The van der Waals surface area contributed by atoms with E-state index >= 15 is 0 Å².